The monoisotopic (exact) mass is 313 g/mol. The van der Waals surface area contributed by atoms with Crippen LogP contribution in [0.5, 0.6) is 11.5 Å². The molecule has 1 atom stereocenters. The first-order chi connectivity index (χ1) is 10.00. The highest BCUT2D eigenvalue weighted by Gasteiger charge is 2.36. The van der Waals surface area contributed by atoms with Crippen molar-refractivity contribution in [2.45, 2.75) is 17.7 Å². The maximum absolute atomic E-state index is 12.7. The second-order valence-electron chi connectivity index (χ2n) is 5.03. The van der Waals surface area contributed by atoms with Gasteiger partial charge < -0.3 is 14.6 Å². The molecular weight excluding hydrogens is 298 g/mol. The molecular formula is C13H15NO6S. The van der Waals surface area contributed by atoms with Crippen LogP contribution in [-0.2, 0) is 14.8 Å². The maximum Gasteiger partial charge on any atom is 0.307 e. The molecule has 0 amide bonds. The summed E-state index contributed by atoms with van der Waals surface area (Å²) in [5, 5.41) is 9.08. The summed E-state index contributed by atoms with van der Waals surface area (Å²) < 4.78 is 37.1. The van der Waals surface area contributed by atoms with Crippen LogP contribution < -0.4 is 9.47 Å². The maximum atomic E-state index is 12.7. The number of carboxylic acids is 1. The highest BCUT2D eigenvalue weighted by molar-refractivity contribution is 7.89. The molecule has 114 valence electrons. The normalized spacial score (nSPS) is 22.2. The molecule has 3 rings (SSSR count). The fraction of sp³-hybridized carbons (Fsp3) is 0.462. The van der Waals surface area contributed by atoms with Crippen LogP contribution in [-0.4, -0.2) is 43.7 Å². The summed E-state index contributed by atoms with van der Waals surface area (Å²) in [7, 11) is -3.79. The molecule has 0 aromatic heterocycles. The molecule has 8 heteroatoms. The van der Waals surface area contributed by atoms with Gasteiger partial charge in [0.25, 0.3) is 0 Å². The first-order valence-corrected chi connectivity index (χ1v) is 8.06. The molecule has 1 aromatic carbocycles. The van der Waals surface area contributed by atoms with Crippen LogP contribution in [0, 0.1) is 5.92 Å². The number of aliphatic carboxylic acids is 1. The number of piperidine rings is 1. The van der Waals surface area contributed by atoms with E-state index in [4.69, 9.17) is 14.6 Å². The van der Waals surface area contributed by atoms with Crippen molar-refractivity contribution in [3.05, 3.63) is 18.2 Å². The van der Waals surface area contributed by atoms with Crippen molar-refractivity contribution in [1.82, 2.24) is 4.31 Å². The Morgan fingerprint density at radius 3 is 2.90 bits per heavy atom. The number of carbonyl (C=O) groups is 1. The Morgan fingerprint density at radius 2 is 2.14 bits per heavy atom. The summed E-state index contributed by atoms with van der Waals surface area (Å²) in [6.07, 6.45) is 1.02. The van der Waals surface area contributed by atoms with Gasteiger partial charge in [-0.2, -0.15) is 4.31 Å². The van der Waals surface area contributed by atoms with E-state index in [1.807, 2.05) is 0 Å². The molecule has 1 N–H and O–H groups in total. The summed E-state index contributed by atoms with van der Waals surface area (Å²) in [6, 6.07) is 4.67. The minimum atomic E-state index is -3.79. The number of benzene rings is 1. The number of nitrogens with zero attached hydrogens (tertiary/aromatic N) is 1. The van der Waals surface area contributed by atoms with Gasteiger partial charge >= 0.3 is 5.97 Å². The number of ether oxygens (including phenoxy) is 2. The van der Waals surface area contributed by atoms with E-state index in [9.17, 15) is 13.2 Å². The molecule has 0 spiro atoms. The predicted octanol–water partition coefficient (Wildman–Crippen LogP) is 0.901. The quantitative estimate of drug-likeness (QED) is 0.891. The SMILES string of the molecule is O=C(O)C1CCCN(S(=O)(=O)c2cccc3c2OCO3)C1. The van der Waals surface area contributed by atoms with Crippen molar-refractivity contribution >= 4 is 16.0 Å². The topological polar surface area (TPSA) is 93.1 Å². The molecule has 0 aliphatic carbocycles. The van der Waals surface area contributed by atoms with Crippen molar-refractivity contribution in [1.29, 1.82) is 0 Å². The van der Waals surface area contributed by atoms with E-state index in [0.717, 1.165) is 0 Å². The van der Waals surface area contributed by atoms with Crippen LogP contribution in [0.2, 0.25) is 0 Å². The van der Waals surface area contributed by atoms with Crippen molar-refractivity contribution in [3.63, 3.8) is 0 Å². The third kappa shape index (κ3) is 2.44. The Labute approximate surface area is 122 Å². The zero-order valence-corrected chi connectivity index (χ0v) is 12.0. The molecule has 1 aromatic rings. The Hall–Kier alpha value is -1.80. The van der Waals surface area contributed by atoms with E-state index in [1.54, 1.807) is 12.1 Å². The largest absolute Gasteiger partial charge is 0.481 e. The van der Waals surface area contributed by atoms with E-state index in [-0.39, 0.29) is 24.0 Å². The number of fused-ring (bicyclic) bond motifs is 1. The Morgan fingerprint density at radius 1 is 1.33 bits per heavy atom. The second kappa shape index (κ2) is 5.19. The number of sulfonamides is 1. The summed E-state index contributed by atoms with van der Waals surface area (Å²) in [5.41, 5.74) is 0. The van der Waals surface area contributed by atoms with Gasteiger partial charge in [-0.15, -0.1) is 0 Å². The van der Waals surface area contributed by atoms with Crippen molar-refractivity contribution in [2.24, 2.45) is 5.92 Å². The standard InChI is InChI=1S/C13H15NO6S/c15-13(16)9-3-2-6-14(7-9)21(17,18)11-5-1-4-10-12(11)20-8-19-10/h1,4-5,9H,2-3,6-8H2,(H,15,16). The third-order valence-electron chi connectivity index (χ3n) is 3.71. The van der Waals surface area contributed by atoms with Gasteiger partial charge in [-0.05, 0) is 25.0 Å². The number of carboxylic acid groups (broad SMARTS) is 1. The number of hydrogen-bond acceptors (Lipinski definition) is 5. The molecule has 0 radical (unpaired) electrons. The lowest BCUT2D eigenvalue weighted by molar-refractivity contribution is -0.142. The van der Waals surface area contributed by atoms with Crippen molar-refractivity contribution < 1.29 is 27.8 Å². The average molecular weight is 313 g/mol. The van der Waals surface area contributed by atoms with E-state index in [2.05, 4.69) is 0 Å². The first kappa shape index (κ1) is 14.2. The Kier molecular flexibility index (Phi) is 3.50. The number of rotatable bonds is 3. The smallest absolute Gasteiger partial charge is 0.307 e. The van der Waals surface area contributed by atoms with E-state index >= 15 is 0 Å². The molecule has 1 fully saturated rings. The summed E-state index contributed by atoms with van der Waals surface area (Å²) >= 11 is 0. The summed E-state index contributed by atoms with van der Waals surface area (Å²) in [5.74, 6) is -1.03. The fourth-order valence-electron chi connectivity index (χ4n) is 2.61. The lowest BCUT2D eigenvalue weighted by Crippen LogP contribution is -2.42. The summed E-state index contributed by atoms with van der Waals surface area (Å²) in [4.78, 5) is 11.1. The Bertz CT molecular complexity index is 671. The van der Waals surface area contributed by atoms with E-state index < -0.39 is 21.9 Å². The molecule has 2 aliphatic heterocycles. The van der Waals surface area contributed by atoms with Gasteiger partial charge in [0.1, 0.15) is 4.90 Å². The molecule has 2 heterocycles. The zero-order valence-electron chi connectivity index (χ0n) is 11.2. The molecule has 1 unspecified atom stereocenters. The summed E-state index contributed by atoms with van der Waals surface area (Å²) in [6.45, 7) is 0.290. The molecule has 21 heavy (non-hydrogen) atoms. The lowest BCUT2D eigenvalue weighted by atomic mass is 10.0. The molecule has 7 nitrogen and oxygen atoms in total. The molecule has 2 aliphatic rings. The molecule has 0 saturated carbocycles. The van der Waals surface area contributed by atoms with E-state index in [0.29, 0.717) is 25.1 Å². The predicted molar refractivity (Wildman–Crippen MR) is 71.7 cm³/mol. The van der Waals surface area contributed by atoms with Crippen LogP contribution in [0.25, 0.3) is 0 Å². The van der Waals surface area contributed by atoms with Crippen molar-refractivity contribution in [3.8, 4) is 11.5 Å². The Balaban J connectivity index is 1.94. The average Bonchev–Trinajstić information content (AvgIpc) is 2.95. The van der Waals surface area contributed by atoms with Gasteiger partial charge in [-0.3, -0.25) is 4.79 Å². The third-order valence-corrected chi connectivity index (χ3v) is 5.60. The van der Waals surface area contributed by atoms with Crippen LogP contribution in [0.15, 0.2) is 23.1 Å². The minimum absolute atomic E-state index is 0.0117. The number of para-hydroxylation sites is 1. The highest BCUT2D eigenvalue weighted by Crippen LogP contribution is 2.39. The van der Waals surface area contributed by atoms with Crippen LogP contribution in [0.4, 0.5) is 0 Å². The molecule has 0 bridgehead atoms. The van der Waals surface area contributed by atoms with Crippen LogP contribution >= 0.6 is 0 Å². The van der Waals surface area contributed by atoms with Crippen LogP contribution in [0.3, 0.4) is 0 Å². The van der Waals surface area contributed by atoms with Crippen LogP contribution in [0.1, 0.15) is 12.8 Å². The van der Waals surface area contributed by atoms with Gasteiger partial charge in [-0.1, -0.05) is 6.07 Å². The first-order valence-electron chi connectivity index (χ1n) is 6.62. The fourth-order valence-corrected chi connectivity index (χ4v) is 4.28. The van der Waals surface area contributed by atoms with Crippen molar-refractivity contribution in [2.75, 3.05) is 19.9 Å². The second-order valence-corrected chi connectivity index (χ2v) is 6.94. The number of hydrogen-bond donors (Lipinski definition) is 1. The molecule has 1 saturated heterocycles. The lowest BCUT2D eigenvalue weighted by Gasteiger charge is -2.30. The van der Waals surface area contributed by atoms with Gasteiger partial charge in [0.15, 0.2) is 11.5 Å². The van der Waals surface area contributed by atoms with Gasteiger partial charge in [0.05, 0.1) is 5.92 Å². The van der Waals surface area contributed by atoms with Gasteiger partial charge in [-0.25, -0.2) is 8.42 Å². The highest BCUT2D eigenvalue weighted by atomic mass is 32.2. The van der Waals surface area contributed by atoms with Gasteiger partial charge in [0.2, 0.25) is 16.8 Å². The van der Waals surface area contributed by atoms with E-state index in [1.165, 1.54) is 10.4 Å². The minimum Gasteiger partial charge on any atom is -0.481 e. The van der Waals surface area contributed by atoms with Gasteiger partial charge in [0, 0.05) is 13.1 Å². The zero-order chi connectivity index (χ0) is 15.0.